The van der Waals surface area contributed by atoms with Crippen LogP contribution in [0.1, 0.15) is 18.4 Å². The number of thiazole rings is 1. The third kappa shape index (κ3) is 6.64. The van der Waals surface area contributed by atoms with Crippen LogP contribution in [0.4, 0.5) is 5.13 Å². The number of hydrogen-bond donors (Lipinski definition) is 0. The number of fused-ring (bicyclic) bond motifs is 1. The van der Waals surface area contributed by atoms with Crippen LogP contribution in [0.2, 0.25) is 5.02 Å². The van der Waals surface area contributed by atoms with Gasteiger partial charge in [-0.15, -0.1) is 11.8 Å². The Balaban J connectivity index is 1.43. The number of amides is 1. The highest BCUT2D eigenvalue weighted by atomic mass is 35.5. The number of hydrogen-bond acceptors (Lipinski definition) is 7. The number of aryl methyl sites for hydroxylation is 1. The first-order chi connectivity index (χ1) is 16.5. The van der Waals surface area contributed by atoms with Crippen molar-refractivity contribution in [3.63, 3.8) is 0 Å². The minimum absolute atomic E-state index is 0.103. The van der Waals surface area contributed by atoms with Crippen LogP contribution in [0.15, 0.2) is 41.3 Å². The fourth-order valence-corrected chi connectivity index (χ4v) is 6.23. The zero-order valence-electron chi connectivity index (χ0n) is 19.6. The lowest BCUT2D eigenvalue weighted by Crippen LogP contribution is -2.39. The Morgan fingerprint density at radius 2 is 2.03 bits per heavy atom. The molecule has 0 atom stereocenters. The van der Waals surface area contributed by atoms with Gasteiger partial charge in [0.25, 0.3) is 0 Å². The normalized spacial score (nSPS) is 14.4. The van der Waals surface area contributed by atoms with Crippen molar-refractivity contribution >= 4 is 56.0 Å². The van der Waals surface area contributed by atoms with Crippen LogP contribution in [0.5, 0.6) is 5.75 Å². The summed E-state index contributed by atoms with van der Waals surface area (Å²) in [7, 11) is 1.66. The molecule has 2 aromatic carbocycles. The summed E-state index contributed by atoms with van der Waals surface area (Å²) in [5.74, 6) is 1.64. The molecule has 182 valence electrons. The molecule has 2 heterocycles. The van der Waals surface area contributed by atoms with Crippen LogP contribution >= 0.6 is 34.7 Å². The van der Waals surface area contributed by atoms with Gasteiger partial charge < -0.3 is 9.47 Å². The summed E-state index contributed by atoms with van der Waals surface area (Å²) in [6, 6.07) is 11.8. The minimum Gasteiger partial charge on any atom is -0.497 e. The van der Waals surface area contributed by atoms with Gasteiger partial charge in [-0.1, -0.05) is 22.9 Å². The highest BCUT2D eigenvalue weighted by molar-refractivity contribution is 7.99. The Morgan fingerprint density at radius 1 is 1.26 bits per heavy atom. The van der Waals surface area contributed by atoms with E-state index in [0.717, 1.165) is 70.8 Å². The van der Waals surface area contributed by atoms with Crippen LogP contribution in [-0.2, 0) is 9.53 Å². The molecule has 0 aliphatic carbocycles. The zero-order chi connectivity index (χ0) is 23.9. The Bertz CT molecular complexity index is 1100. The van der Waals surface area contributed by atoms with Gasteiger partial charge in [-0.25, -0.2) is 4.98 Å². The summed E-state index contributed by atoms with van der Waals surface area (Å²) < 4.78 is 11.7. The molecule has 3 aromatic rings. The summed E-state index contributed by atoms with van der Waals surface area (Å²) >= 11 is 9.48. The van der Waals surface area contributed by atoms with E-state index < -0.39 is 0 Å². The van der Waals surface area contributed by atoms with Crippen molar-refractivity contribution in [2.24, 2.45) is 0 Å². The lowest BCUT2D eigenvalue weighted by Gasteiger charge is -2.27. The Morgan fingerprint density at radius 3 is 2.76 bits per heavy atom. The monoisotopic (exact) mass is 519 g/mol. The fourth-order valence-electron chi connectivity index (χ4n) is 3.93. The van der Waals surface area contributed by atoms with E-state index in [0.29, 0.717) is 23.7 Å². The van der Waals surface area contributed by atoms with Crippen molar-refractivity contribution in [2.45, 2.75) is 24.7 Å². The molecule has 9 heteroatoms. The molecule has 1 saturated heterocycles. The number of thioether (sulfide) groups is 1. The molecule has 1 amide bonds. The second-order valence-electron chi connectivity index (χ2n) is 8.19. The molecular weight excluding hydrogens is 490 g/mol. The van der Waals surface area contributed by atoms with Gasteiger partial charge in [0.05, 0.1) is 30.5 Å². The molecule has 0 radical (unpaired) electrons. The van der Waals surface area contributed by atoms with Crippen LogP contribution < -0.4 is 9.64 Å². The van der Waals surface area contributed by atoms with Gasteiger partial charge in [0, 0.05) is 48.3 Å². The van der Waals surface area contributed by atoms with Crippen molar-refractivity contribution < 1.29 is 14.3 Å². The number of halogens is 1. The van der Waals surface area contributed by atoms with Gasteiger partial charge in [0.1, 0.15) is 5.75 Å². The highest BCUT2D eigenvalue weighted by Gasteiger charge is 2.21. The third-order valence-electron chi connectivity index (χ3n) is 5.77. The van der Waals surface area contributed by atoms with Gasteiger partial charge in [-0.05, 0) is 55.3 Å². The maximum absolute atomic E-state index is 13.3. The van der Waals surface area contributed by atoms with E-state index in [2.05, 4.69) is 4.90 Å². The van der Waals surface area contributed by atoms with E-state index in [1.165, 1.54) is 11.3 Å². The van der Waals surface area contributed by atoms with E-state index in [1.807, 2.05) is 48.2 Å². The van der Waals surface area contributed by atoms with Crippen molar-refractivity contribution in [1.82, 2.24) is 9.88 Å². The maximum Gasteiger partial charge on any atom is 0.229 e. The number of nitrogens with zero attached hydrogens (tertiary/aromatic N) is 3. The zero-order valence-corrected chi connectivity index (χ0v) is 22.0. The average molecular weight is 520 g/mol. The van der Waals surface area contributed by atoms with Crippen LogP contribution in [0.25, 0.3) is 10.2 Å². The quantitative estimate of drug-likeness (QED) is 0.329. The number of aromatic nitrogens is 1. The SMILES string of the molecule is COc1ccc(SCCC(=O)N(CCCN2CCOCC2)c2nc3c(C)cc(Cl)cc3s2)cc1. The molecular formula is C25H30ClN3O3S2. The summed E-state index contributed by atoms with van der Waals surface area (Å²) in [4.78, 5) is 23.6. The van der Waals surface area contributed by atoms with E-state index in [4.69, 9.17) is 26.1 Å². The molecule has 0 N–H and O–H groups in total. The number of carbonyl (C=O) groups is 1. The van der Waals surface area contributed by atoms with Gasteiger partial charge in [-0.3, -0.25) is 14.6 Å². The van der Waals surface area contributed by atoms with E-state index >= 15 is 0 Å². The number of benzene rings is 2. The fraction of sp³-hybridized carbons (Fsp3) is 0.440. The molecule has 1 aliphatic heterocycles. The maximum atomic E-state index is 13.3. The van der Waals surface area contributed by atoms with Crippen molar-refractivity contribution in [1.29, 1.82) is 0 Å². The molecule has 0 unspecified atom stereocenters. The van der Waals surface area contributed by atoms with Crippen molar-refractivity contribution in [3.8, 4) is 5.75 Å². The Kier molecular flexibility index (Phi) is 9.08. The predicted molar refractivity (Wildman–Crippen MR) is 142 cm³/mol. The Labute approximate surface area is 214 Å². The molecule has 0 bridgehead atoms. The third-order valence-corrected chi connectivity index (χ3v) is 8.03. The summed E-state index contributed by atoms with van der Waals surface area (Å²) in [5, 5.41) is 1.45. The number of ether oxygens (including phenoxy) is 2. The van der Waals surface area contributed by atoms with E-state index in [1.54, 1.807) is 18.9 Å². The highest BCUT2D eigenvalue weighted by Crippen LogP contribution is 2.33. The molecule has 0 saturated carbocycles. The lowest BCUT2D eigenvalue weighted by molar-refractivity contribution is -0.118. The van der Waals surface area contributed by atoms with Crippen molar-refractivity contribution in [2.75, 3.05) is 57.2 Å². The summed E-state index contributed by atoms with van der Waals surface area (Å²) in [5.41, 5.74) is 1.95. The second-order valence-corrected chi connectivity index (χ2v) is 10.8. The molecule has 34 heavy (non-hydrogen) atoms. The van der Waals surface area contributed by atoms with Crippen molar-refractivity contribution in [3.05, 3.63) is 47.0 Å². The molecule has 0 spiro atoms. The number of carbonyl (C=O) groups excluding carboxylic acids is 1. The molecule has 4 rings (SSSR count). The van der Waals surface area contributed by atoms with E-state index in [9.17, 15) is 4.79 Å². The van der Waals surface area contributed by atoms with Crippen LogP contribution in [-0.4, -0.2) is 68.0 Å². The van der Waals surface area contributed by atoms with Gasteiger partial charge >= 0.3 is 0 Å². The number of anilines is 1. The standard InChI is InChI=1S/C25H30ClN3O3S2/c1-18-16-19(26)17-22-24(18)27-25(34-22)29(10-3-9-28-11-13-32-14-12-28)23(30)8-15-33-21-6-4-20(31-2)5-7-21/h4-7,16-17H,3,8-15H2,1-2H3. The summed E-state index contributed by atoms with van der Waals surface area (Å²) in [6.45, 7) is 7.07. The summed E-state index contributed by atoms with van der Waals surface area (Å²) in [6.07, 6.45) is 1.34. The largest absolute Gasteiger partial charge is 0.497 e. The molecule has 1 fully saturated rings. The van der Waals surface area contributed by atoms with Gasteiger partial charge in [-0.2, -0.15) is 0 Å². The first-order valence-corrected chi connectivity index (χ1v) is 13.7. The molecule has 6 nitrogen and oxygen atoms in total. The van der Waals surface area contributed by atoms with Crippen LogP contribution in [0, 0.1) is 6.92 Å². The first-order valence-electron chi connectivity index (χ1n) is 11.5. The van der Waals surface area contributed by atoms with Crippen LogP contribution in [0.3, 0.4) is 0 Å². The topological polar surface area (TPSA) is 54.9 Å². The number of methoxy groups -OCH3 is 1. The first kappa shape index (κ1) is 25.3. The lowest BCUT2D eigenvalue weighted by atomic mass is 10.2. The minimum atomic E-state index is 0.103. The van der Waals surface area contributed by atoms with Gasteiger partial charge in [0.2, 0.25) is 5.91 Å². The van der Waals surface area contributed by atoms with Gasteiger partial charge in [0.15, 0.2) is 5.13 Å². The number of rotatable bonds is 10. The smallest absolute Gasteiger partial charge is 0.229 e. The number of morpholine rings is 1. The molecule has 1 aromatic heterocycles. The molecule has 1 aliphatic rings. The van der Waals surface area contributed by atoms with E-state index in [-0.39, 0.29) is 5.91 Å². The Hall–Kier alpha value is -1.84. The predicted octanol–water partition coefficient (Wildman–Crippen LogP) is 5.50. The second kappa shape index (κ2) is 12.2. The average Bonchev–Trinajstić information content (AvgIpc) is 3.27.